The van der Waals surface area contributed by atoms with Crippen molar-refractivity contribution in [1.29, 1.82) is 0 Å². The van der Waals surface area contributed by atoms with E-state index in [0.29, 0.717) is 6.42 Å². The van der Waals surface area contributed by atoms with Crippen LogP contribution >= 0.6 is 11.6 Å². The SMILES string of the molecule is C=C(Cl)CS(=O)(=O)NCCc1ccc(F)c(OC)c1. The van der Waals surface area contributed by atoms with Gasteiger partial charge in [-0.15, -0.1) is 0 Å². The molecule has 0 aromatic heterocycles. The van der Waals surface area contributed by atoms with Crippen molar-refractivity contribution in [3.05, 3.63) is 41.2 Å². The van der Waals surface area contributed by atoms with Crippen LogP contribution < -0.4 is 9.46 Å². The largest absolute Gasteiger partial charge is 0.494 e. The van der Waals surface area contributed by atoms with Crippen molar-refractivity contribution in [2.75, 3.05) is 19.4 Å². The van der Waals surface area contributed by atoms with Gasteiger partial charge in [-0.05, 0) is 24.1 Å². The number of halogens is 2. The molecule has 1 aromatic carbocycles. The average molecular weight is 308 g/mol. The molecule has 0 spiro atoms. The van der Waals surface area contributed by atoms with E-state index in [1.165, 1.54) is 19.2 Å². The number of methoxy groups -OCH3 is 1. The molecule has 0 aliphatic rings. The van der Waals surface area contributed by atoms with Crippen LogP contribution in [0.3, 0.4) is 0 Å². The van der Waals surface area contributed by atoms with Crippen molar-refractivity contribution in [1.82, 2.24) is 4.72 Å². The zero-order valence-corrected chi connectivity index (χ0v) is 12.0. The van der Waals surface area contributed by atoms with Crippen molar-refractivity contribution in [3.63, 3.8) is 0 Å². The standard InChI is InChI=1S/C12H15ClFNO3S/c1-9(13)8-19(16,17)15-6-5-10-3-4-11(14)12(7-10)18-2/h3-4,7,15H,1,5-6,8H2,2H3. The molecule has 19 heavy (non-hydrogen) atoms. The molecule has 0 heterocycles. The minimum atomic E-state index is -3.46. The third-order valence-corrected chi connectivity index (χ3v) is 3.96. The third-order valence-electron chi connectivity index (χ3n) is 2.30. The minimum Gasteiger partial charge on any atom is -0.494 e. The lowest BCUT2D eigenvalue weighted by Crippen LogP contribution is -2.28. The van der Waals surface area contributed by atoms with Crippen LogP contribution in [0.4, 0.5) is 4.39 Å². The molecule has 0 fully saturated rings. The van der Waals surface area contributed by atoms with E-state index in [0.717, 1.165) is 5.56 Å². The summed E-state index contributed by atoms with van der Waals surface area (Å²) in [7, 11) is -2.09. The smallest absolute Gasteiger partial charge is 0.216 e. The molecule has 0 saturated heterocycles. The lowest BCUT2D eigenvalue weighted by Gasteiger charge is -2.07. The van der Waals surface area contributed by atoms with E-state index in [1.807, 2.05) is 0 Å². The lowest BCUT2D eigenvalue weighted by atomic mass is 10.1. The van der Waals surface area contributed by atoms with E-state index in [9.17, 15) is 12.8 Å². The first-order valence-electron chi connectivity index (χ1n) is 5.47. The van der Waals surface area contributed by atoms with Crippen LogP contribution in [0.2, 0.25) is 0 Å². The fourth-order valence-electron chi connectivity index (χ4n) is 1.47. The number of hydrogen-bond acceptors (Lipinski definition) is 3. The van der Waals surface area contributed by atoms with Crippen LogP contribution in [0.15, 0.2) is 29.8 Å². The molecule has 0 radical (unpaired) electrons. The Labute approximate surface area is 117 Å². The maximum Gasteiger partial charge on any atom is 0.216 e. The summed E-state index contributed by atoms with van der Waals surface area (Å²) in [6.45, 7) is 3.52. The average Bonchev–Trinajstić information content (AvgIpc) is 2.29. The predicted octanol–water partition coefficient (Wildman–Crippen LogP) is 2.05. The molecular weight excluding hydrogens is 293 g/mol. The Balaban J connectivity index is 2.56. The minimum absolute atomic E-state index is 0.0518. The number of benzene rings is 1. The highest BCUT2D eigenvalue weighted by molar-refractivity contribution is 7.89. The Hall–Kier alpha value is -1.11. The molecular formula is C12H15ClFNO3S. The zero-order valence-electron chi connectivity index (χ0n) is 10.4. The Bertz CT molecular complexity index is 560. The van der Waals surface area contributed by atoms with Crippen molar-refractivity contribution in [3.8, 4) is 5.75 Å². The van der Waals surface area contributed by atoms with Crippen LogP contribution in [0.1, 0.15) is 5.56 Å². The highest BCUT2D eigenvalue weighted by Crippen LogP contribution is 2.18. The summed E-state index contributed by atoms with van der Waals surface area (Å²) in [6, 6.07) is 4.39. The van der Waals surface area contributed by atoms with Crippen molar-refractivity contribution in [2.24, 2.45) is 0 Å². The summed E-state index contributed by atoms with van der Waals surface area (Å²) in [5.74, 6) is -0.638. The monoisotopic (exact) mass is 307 g/mol. The summed E-state index contributed by atoms with van der Waals surface area (Å²) in [6.07, 6.45) is 0.421. The number of rotatable bonds is 7. The van der Waals surface area contributed by atoms with Gasteiger partial charge in [0.15, 0.2) is 11.6 Å². The zero-order chi connectivity index (χ0) is 14.5. The molecule has 0 atom stereocenters. The Morgan fingerprint density at radius 3 is 2.79 bits per heavy atom. The number of nitrogens with one attached hydrogen (secondary N) is 1. The summed E-state index contributed by atoms with van der Waals surface area (Å²) < 4.78 is 43.3. The number of ether oxygens (including phenoxy) is 1. The van der Waals surface area contributed by atoms with Gasteiger partial charge in [-0.3, -0.25) is 0 Å². The van der Waals surface area contributed by atoms with Crippen LogP contribution in [-0.4, -0.2) is 27.8 Å². The maximum absolute atomic E-state index is 13.2. The molecule has 1 aromatic rings. The second-order valence-corrected chi connectivity index (χ2v) is 6.23. The van der Waals surface area contributed by atoms with Gasteiger partial charge in [0.05, 0.1) is 12.9 Å². The summed E-state index contributed by atoms with van der Waals surface area (Å²) in [5.41, 5.74) is 0.769. The summed E-state index contributed by atoms with van der Waals surface area (Å²) in [5, 5.41) is 0.0518. The summed E-state index contributed by atoms with van der Waals surface area (Å²) >= 11 is 5.44. The van der Waals surface area contributed by atoms with Crippen molar-refractivity contribution < 1.29 is 17.5 Å². The van der Waals surface area contributed by atoms with Crippen LogP contribution in [0, 0.1) is 5.82 Å². The molecule has 0 aliphatic heterocycles. The van der Waals surface area contributed by atoms with Gasteiger partial charge >= 0.3 is 0 Å². The Kier molecular flexibility index (Phi) is 5.78. The van der Waals surface area contributed by atoms with Crippen molar-refractivity contribution in [2.45, 2.75) is 6.42 Å². The highest BCUT2D eigenvalue weighted by atomic mass is 35.5. The second-order valence-electron chi connectivity index (χ2n) is 3.89. The van der Waals surface area contributed by atoms with Gasteiger partial charge in [-0.2, -0.15) is 0 Å². The molecule has 0 aliphatic carbocycles. The van der Waals surface area contributed by atoms with Crippen molar-refractivity contribution >= 4 is 21.6 Å². The first-order valence-corrected chi connectivity index (χ1v) is 7.50. The van der Waals surface area contributed by atoms with Gasteiger partial charge in [0.25, 0.3) is 0 Å². The van der Waals surface area contributed by atoms with E-state index in [2.05, 4.69) is 11.3 Å². The molecule has 0 bridgehead atoms. The van der Waals surface area contributed by atoms with Crippen LogP contribution in [0.25, 0.3) is 0 Å². The number of hydrogen-bond donors (Lipinski definition) is 1. The topological polar surface area (TPSA) is 55.4 Å². The molecule has 1 N–H and O–H groups in total. The molecule has 4 nitrogen and oxygen atoms in total. The molecule has 7 heteroatoms. The fourth-order valence-corrected chi connectivity index (χ4v) is 2.83. The van der Waals surface area contributed by atoms with E-state index in [-0.39, 0.29) is 23.1 Å². The van der Waals surface area contributed by atoms with Crippen LogP contribution in [0.5, 0.6) is 5.75 Å². The molecule has 106 valence electrons. The lowest BCUT2D eigenvalue weighted by molar-refractivity contribution is 0.386. The van der Waals surface area contributed by atoms with E-state index < -0.39 is 15.8 Å². The van der Waals surface area contributed by atoms with E-state index >= 15 is 0 Å². The van der Waals surface area contributed by atoms with E-state index in [4.69, 9.17) is 16.3 Å². The first-order chi connectivity index (χ1) is 8.84. The summed E-state index contributed by atoms with van der Waals surface area (Å²) in [4.78, 5) is 0. The van der Waals surface area contributed by atoms with Gasteiger partial charge in [0, 0.05) is 11.6 Å². The predicted molar refractivity (Wildman–Crippen MR) is 73.4 cm³/mol. The quantitative estimate of drug-likeness (QED) is 0.839. The Morgan fingerprint density at radius 1 is 1.53 bits per heavy atom. The highest BCUT2D eigenvalue weighted by Gasteiger charge is 2.11. The van der Waals surface area contributed by atoms with Crippen LogP contribution in [-0.2, 0) is 16.4 Å². The van der Waals surface area contributed by atoms with Gasteiger partial charge in [-0.1, -0.05) is 24.2 Å². The van der Waals surface area contributed by atoms with E-state index in [1.54, 1.807) is 6.07 Å². The van der Waals surface area contributed by atoms with Gasteiger partial charge in [0.2, 0.25) is 10.0 Å². The normalized spacial score (nSPS) is 11.3. The molecule has 1 rings (SSSR count). The number of sulfonamides is 1. The van der Waals surface area contributed by atoms with Gasteiger partial charge < -0.3 is 4.74 Å². The second kappa shape index (κ2) is 6.88. The maximum atomic E-state index is 13.2. The Morgan fingerprint density at radius 2 is 2.21 bits per heavy atom. The molecule has 0 saturated carbocycles. The fraction of sp³-hybridized carbons (Fsp3) is 0.333. The third kappa shape index (κ3) is 5.59. The molecule has 0 amide bonds. The van der Waals surface area contributed by atoms with Gasteiger partial charge in [-0.25, -0.2) is 17.5 Å². The van der Waals surface area contributed by atoms with Gasteiger partial charge in [0.1, 0.15) is 0 Å². The first kappa shape index (κ1) is 15.9. The molecule has 0 unspecified atom stereocenters.